The highest BCUT2D eigenvalue weighted by Gasteiger charge is 2.21. The fourth-order valence-electron chi connectivity index (χ4n) is 2.69. The Morgan fingerprint density at radius 2 is 2.11 bits per heavy atom. The van der Waals surface area contributed by atoms with E-state index in [2.05, 4.69) is 24.1 Å². The number of nitrogens with one attached hydrogen (secondary N) is 1. The van der Waals surface area contributed by atoms with Gasteiger partial charge in [-0.2, -0.15) is 0 Å². The number of ether oxygens (including phenoxy) is 1. The van der Waals surface area contributed by atoms with Crippen molar-refractivity contribution in [3.05, 3.63) is 0 Å². The van der Waals surface area contributed by atoms with E-state index in [0.717, 1.165) is 25.1 Å². The Hall–Kier alpha value is -0.120. The van der Waals surface area contributed by atoms with Crippen molar-refractivity contribution in [2.24, 2.45) is 5.92 Å². The third-order valence-corrected chi connectivity index (χ3v) is 3.73. The van der Waals surface area contributed by atoms with Gasteiger partial charge in [0.25, 0.3) is 0 Å². The Bertz CT molecular complexity index is 197. The summed E-state index contributed by atoms with van der Waals surface area (Å²) in [5, 5.41) is 3.62. The summed E-state index contributed by atoms with van der Waals surface area (Å²) in [6.45, 7) is 10.3. The molecule has 1 unspecified atom stereocenters. The molecule has 1 rings (SSSR count). The Morgan fingerprint density at radius 1 is 1.28 bits per heavy atom. The predicted molar refractivity (Wildman–Crippen MR) is 78.0 cm³/mol. The van der Waals surface area contributed by atoms with Crippen LogP contribution in [0.25, 0.3) is 0 Å². The summed E-state index contributed by atoms with van der Waals surface area (Å²) in [4.78, 5) is 2.69. The van der Waals surface area contributed by atoms with Gasteiger partial charge in [-0.15, -0.1) is 0 Å². The second-order valence-corrected chi connectivity index (χ2v) is 5.94. The zero-order valence-corrected chi connectivity index (χ0v) is 12.6. The van der Waals surface area contributed by atoms with E-state index < -0.39 is 0 Å². The Labute approximate surface area is 113 Å². The summed E-state index contributed by atoms with van der Waals surface area (Å²) >= 11 is 0. The van der Waals surface area contributed by atoms with Crippen molar-refractivity contribution in [2.45, 2.75) is 52.0 Å². The largest absolute Gasteiger partial charge is 0.385 e. The van der Waals surface area contributed by atoms with E-state index in [9.17, 15) is 0 Å². The third-order valence-electron chi connectivity index (χ3n) is 3.73. The molecule has 0 aromatic carbocycles. The molecule has 1 heterocycles. The topological polar surface area (TPSA) is 24.5 Å². The Balaban J connectivity index is 2.19. The molecule has 0 spiro atoms. The lowest BCUT2D eigenvalue weighted by atomic mass is 10.0. The van der Waals surface area contributed by atoms with Gasteiger partial charge in [-0.3, -0.25) is 4.90 Å². The number of piperidine rings is 1. The quantitative estimate of drug-likeness (QED) is 0.642. The van der Waals surface area contributed by atoms with Gasteiger partial charge in [-0.05, 0) is 51.2 Å². The molecule has 3 heteroatoms. The molecule has 0 radical (unpaired) electrons. The van der Waals surface area contributed by atoms with Crippen LogP contribution in [0.1, 0.15) is 46.0 Å². The van der Waals surface area contributed by atoms with Crippen LogP contribution in [0.15, 0.2) is 0 Å². The van der Waals surface area contributed by atoms with Crippen molar-refractivity contribution in [2.75, 3.05) is 39.9 Å². The highest BCUT2D eigenvalue weighted by molar-refractivity contribution is 4.78. The van der Waals surface area contributed by atoms with E-state index >= 15 is 0 Å². The first-order valence-corrected chi connectivity index (χ1v) is 7.67. The molecule has 0 aromatic rings. The predicted octanol–water partition coefficient (Wildman–Crippen LogP) is 2.51. The number of nitrogens with zero attached hydrogens (tertiary/aromatic N) is 1. The highest BCUT2D eigenvalue weighted by atomic mass is 16.5. The van der Waals surface area contributed by atoms with Crippen LogP contribution in [0.5, 0.6) is 0 Å². The molecule has 0 amide bonds. The molecule has 0 saturated carbocycles. The summed E-state index contributed by atoms with van der Waals surface area (Å²) in [7, 11) is 1.79. The SMILES string of the molecule is COCCCCN1CCCCC1CNCC(C)C. The van der Waals surface area contributed by atoms with Gasteiger partial charge in [0.1, 0.15) is 0 Å². The zero-order chi connectivity index (χ0) is 13.2. The summed E-state index contributed by atoms with van der Waals surface area (Å²) in [6, 6.07) is 0.764. The fraction of sp³-hybridized carbons (Fsp3) is 1.00. The van der Waals surface area contributed by atoms with Crippen molar-refractivity contribution >= 4 is 0 Å². The van der Waals surface area contributed by atoms with E-state index in [1.54, 1.807) is 7.11 Å². The summed E-state index contributed by atoms with van der Waals surface area (Å²) in [5.41, 5.74) is 0. The molecular weight excluding hydrogens is 224 g/mol. The van der Waals surface area contributed by atoms with E-state index in [-0.39, 0.29) is 0 Å². The van der Waals surface area contributed by atoms with Crippen LogP contribution in [-0.2, 0) is 4.74 Å². The van der Waals surface area contributed by atoms with Gasteiger partial charge in [0.15, 0.2) is 0 Å². The molecule has 0 aliphatic carbocycles. The molecule has 108 valence electrons. The number of likely N-dealkylation sites (tertiary alicyclic amines) is 1. The number of unbranched alkanes of at least 4 members (excludes halogenated alkanes) is 1. The lowest BCUT2D eigenvalue weighted by Crippen LogP contribution is -2.46. The average Bonchev–Trinajstić information content (AvgIpc) is 2.36. The first-order chi connectivity index (χ1) is 8.74. The maximum absolute atomic E-state index is 5.12. The molecule has 1 atom stereocenters. The first-order valence-electron chi connectivity index (χ1n) is 7.67. The van der Waals surface area contributed by atoms with Gasteiger partial charge in [0.05, 0.1) is 0 Å². The second-order valence-electron chi connectivity index (χ2n) is 5.94. The van der Waals surface area contributed by atoms with Crippen LogP contribution < -0.4 is 5.32 Å². The van der Waals surface area contributed by atoms with E-state index in [1.807, 2.05) is 0 Å². The fourth-order valence-corrected chi connectivity index (χ4v) is 2.69. The lowest BCUT2D eigenvalue weighted by molar-refractivity contribution is 0.133. The second kappa shape index (κ2) is 9.76. The third kappa shape index (κ3) is 6.72. The summed E-state index contributed by atoms with van der Waals surface area (Å²) < 4.78 is 5.12. The summed E-state index contributed by atoms with van der Waals surface area (Å²) in [5.74, 6) is 0.753. The van der Waals surface area contributed by atoms with Crippen molar-refractivity contribution in [1.82, 2.24) is 10.2 Å². The standard InChI is InChI=1S/C15H32N2O/c1-14(2)12-16-13-15-8-4-5-9-17(15)10-6-7-11-18-3/h14-16H,4-13H2,1-3H3. The number of hydrogen-bond acceptors (Lipinski definition) is 3. The molecule has 3 nitrogen and oxygen atoms in total. The normalized spacial score (nSPS) is 21.7. The maximum Gasteiger partial charge on any atom is 0.0462 e. The number of rotatable bonds is 9. The van der Waals surface area contributed by atoms with Gasteiger partial charge in [0, 0.05) is 26.3 Å². The zero-order valence-electron chi connectivity index (χ0n) is 12.6. The molecule has 1 N–H and O–H groups in total. The highest BCUT2D eigenvalue weighted by Crippen LogP contribution is 2.17. The van der Waals surface area contributed by atoms with Crippen molar-refractivity contribution in [1.29, 1.82) is 0 Å². The molecule has 1 saturated heterocycles. The minimum absolute atomic E-state index is 0.753. The summed E-state index contributed by atoms with van der Waals surface area (Å²) in [6.07, 6.45) is 6.62. The van der Waals surface area contributed by atoms with Gasteiger partial charge >= 0.3 is 0 Å². The molecule has 0 aromatic heterocycles. The molecular formula is C15H32N2O. The minimum Gasteiger partial charge on any atom is -0.385 e. The van der Waals surface area contributed by atoms with Crippen molar-refractivity contribution in [3.63, 3.8) is 0 Å². The maximum atomic E-state index is 5.12. The molecule has 18 heavy (non-hydrogen) atoms. The van der Waals surface area contributed by atoms with Crippen molar-refractivity contribution in [3.8, 4) is 0 Å². The van der Waals surface area contributed by atoms with Gasteiger partial charge in [-0.25, -0.2) is 0 Å². The van der Waals surface area contributed by atoms with Crippen LogP contribution >= 0.6 is 0 Å². The monoisotopic (exact) mass is 256 g/mol. The van der Waals surface area contributed by atoms with E-state index in [0.29, 0.717) is 0 Å². The van der Waals surface area contributed by atoms with Crippen LogP contribution in [0.3, 0.4) is 0 Å². The molecule has 1 aliphatic heterocycles. The first kappa shape index (κ1) is 15.9. The van der Waals surface area contributed by atoms with E-state index in [1.165, 1.54) is 51.7 Å². The molecule has 0 bridgehead atoms. The Kier molecular flexibility index (Phi) is 8.64. The lowest BCUT2D eigenvalue weighted by Gasteiger charge is -2.36. The van der Waals surface area contributed by atoms with Crippen LogP contribution in [-0.4, -0.2) is 50.8 Å². The number of methoxy groups -OCH3 is 1. The Morgan fingerprint density at radius 3 is 2.83 bits per heavy atom. The smallest absolute Gasteiger partial charge is 0.0462 e. The van der Waals surface area contributed by atoms with Gasteiger partial charge < -0.3 is 10.1 Å². The number of hydrogen-bond donors (Lipinski definition) is 1. The van der Waals surface area contributed by atoms with Crippen LogP contribution in [0, 0.1) is 5.92 Å². The van der Waals surface area contributed by atoms with Gasteiger partial charge in [-0.1, -0.05) is 20.3 Å². The molecule has 1 fully saturated rings. The molecule has 1 aliphatic rings. The van der Waals surface area contributed by atoms with E-state index in [4.69, 9.17) is 4.74 Å². The van der Waals surface area contributed by atoms with Crippen LogP contribution in [0.2, 0.25) is 0 Å². The van der Waals surface area contributed by atoms with Gasteiger partial charge in [0.2, 0.25) is 0 Å². The van der Waals surface area contributed by atoms with Crippen molar-refractivity contribution < 1.29 is 4.74 Å². The van der Waals surface area contributed by atoms with Crippen LogP contribution in [0.4, 0.5) is 0 Å². The minimum atomic E-state index is 0.753. The average molecular weight is 256 g/mol.